The number of thioether (sulfide) groups is 1. The third kappa shape index (κ3) is 5.08. The molecule has 3 nitrogen and oxygen atoms in total. The van der Waals surface area contributed by atoms with Crippen LogP contribution in [0.1, 0.15) is 12.0 Å². The molecule has 4 heteroatoms. The summed E-state index contributed by atoms with van der Waals surface area (Å²) < 4.78 is 0. The lowest BCUT2D eigenvalue weighted by molar-refractivity contribution is 0.173. The molecule has 0 saturated carbocycles. The minimum Gasteiger partial charge on any atom is -0.396 e. The maximum absolute atomic E-state index is 9.03. The molecule has 0 spiro atoms. The van der Waals surface area contributed by atoms with Crippen molar-refractivity contribution in [1.82, 2.24) is 4.90 Å². The van der Waals surface area contributed by atoms with Crippen molar-refractivity contribution in [3.8, 4) is 0 Å². The fraction of sp³-hybridized carbons (Fsp3) is 0.538. The van der Waals surface area contributed by atoms with Crippen molar-refractivity contribution in [3.05, 3.63) is 29.8 Å². The lowest BCUT2D eigenvalue weighted by Crippen LogP contribution is -2.28. The summed E-state index contributed by atoms with van der Waals surface area (Å²) in [6.07, 6.45) is 2.82. The fourth-order valence-corrected chi connectivity index (χ4v) is 2.39. The standard InChI is InChI=1S/C13H21NO2S/c1-17-13-6-3-2-5-12(13)11-14(8-10-16)7-4-9-15/h2-3,5-6,15-16H,4,7-11H2,1H3. The molecular formula is C13H21NO2S. The van der Waals surface area contributed by atoms with E-state index in [1.165, 1.54) is 10.5 Å². The molecule has 0 atom stereocenters. The van der Waals surface area contributed by atoms with Gasteiger partial charge >= 0.3 is 0 Å². The molecule has 0 aliphatic rings. The molecule has 0 amide bonds. The average molecular weight is 255 g/mol. The van der Waals surface area contributed by atoms with Crippen LogP contribution < -0.4 is 0 Å². The van der Waals surface area contributed by atoms with Gasteiger partial charge in [0.05, 0.1) is 6.61 Å². The van der Waals surface area contributed by atoms with Crippen molar-refractivity contribution in [2.75, 3.05) is 32.6 Å². The molecule has 0 aromatic heterocycles. The summed E-state index contributed by atoms with van der Waals surface area (Å²) in [5.74, 6) is 0. The van der Waals surface area contributed by atoms with Crippen LogP contribution in [0.2, 0.25) is 0 Å². The third-order valence-electron chi connectivity index (χ3n) is 2.64. The highest BCUT2D eigenvalue weighted by atomic mass is 32.2. The van der Waals surface area contributed by atoms with Gasteiger partial charge in [-0.1, -0.05) is 18.2 Å². The van der Waals surface area contributed by atoms with Crippen LogP contribution in [0.15, 0.2) is 29.2 Å². The Hall–Kier alpha value is -0.550. The smallest absolute Gasteiger partial charge is 0.0558 e. The topological polar surface area (TPSA) is 43.7 Å². The maximum Gasteiger partial charge on any atom is 0.0558 e. The largest absolute Gasteiger partial charge is 0.396 e. The Morgan fingerprint density at radius 3 is 2.53 bits per heavy atom. The Bertz CT molecular complexity index is 320. The van der Waals surface area contributed by atoms with Crippen LogP contribution in [0.3, 0.4) is 0 Å². The lowest BCUT2D eigenvalue weighted by atomic mass is 10.2. The van der Waals surface area contributed by atoms with E-state index in [9.17, 15) is 0 Å². The Morgan fingerprint density at radius 1 is 1.12 bits per heavy atom. The van der Waals surface area contributed by atoms with Crippen molar-refractivity contribution in [2.45, 2.75) is 17.9 Å². The van der Waals surface area contributed by atoms with E-state index in [0.717, 1.165) is 19.5 Å². The summed E-state index contributed by atoms with van der Waals surface area (Å²) in [4.78, 5) is 3.45. The first-order valence-electron chi connectivity index (χ1n) is 5.87. The van der Waals surface area contributed by atoms with Crippen LogP contribution in [0, 0.1) is 0 Å². The predicted molar refractivity (Wildman–Crippen MR) is 72.3 cm³/mol. The molecule has 0 fully saturated rings. The first-order chi connectivity index (χ1) is 8.31. The molecule has 0 heterocycles. The zero-order chi connectivity index (χ0) is 12.5. The fourth-order valence-electron chi connectivity index (χ4n) is 1.78. The Balaban J connectivity index is 2.63. The minimum atomic E-state index is 0.160. The van der Waals surface area contributed by atoms with E-state index >= 15 is 0 Å². The summed E-state index contributed by atoms with van der Waals surface area (Å²) in [6, 6.07) is 8.32. The number of rotatable bonds is 8. The Morgan fingerprint density at radius 2 is 1.88 bits per heavy atom. The first kappa shape index (κ1) is 14.5. The van der Waals surface area contributed by atoms with E-state index < -0.39 is 0 Å². The van der Waals surface area contributed by atoms with E-state index in [2.05, 4.69) is 23.3 Å². The summed E-state index contributed by atoms with van der Waals surface area (Å²) in [5.41, 5.74) is 1.28. The lowest BCUT2D eigenvalue weighted by Gasteiger charge is -2.22. The molecule has 0 radical (unpaired) electrons. The number of nitrogens with zero attached hydrogens (tertiary/aromatic N) is 1. The molecule has 0 aliphatic carbocycles. The van der Waals surface area contributed by atoms with E-state index in [4.69, 9.17) is 10.2 Å². The molecule has 96 valence electrons. The predicted octanol–water partition coefficient (Wildman–Crippen LogP) is 1.59. The molecular weight excluding hydrogens is 234 g/mol. The molecule has 1 rings (SSSR count). The number of hydrogen-bond donors (Lipinski definition) is 2. The molecule has 0 saturated heterocycles. The molecule has 1 aromatic carbocycles. The number of benzene rings is 1. The van der Waals surface area contributed by atoms with Crippen LogP contribution >= 0.6 is 11.8 Å². The molecule has 2 N–H and O–H groups in total. The van der Waals surface area contributed by atoms with Gasteiger partial charge in [0.15, 0.2) is 0 Å². The van der Waals surface area contributed by atoms with Gasteiger partial charge in [0.1, 0.15) is 0 Å². The van der Waals surface area contributed by atoms with Gasteiger partial charge in [-0.05, 0) is 24.3 Å². The highest BCUT2D eigenvalue weighted by Crippen LogP contribution is 2.21. The highest BCUT2D eigenvalue weighted by Gasteiger charge is 2.07. The SMILES string of the molecule is CSc1ccccc1CN(CCO)CCCO. The zero-order valence-electron chi connectivity index (χ0n) is 10.3. The van der Waals surface area contributed by atoms with Crippen molar-refractivity contribution >= 4 is 11.8 Å². The van der Waals surface area contributed by atoms with E-state index in [-0.39, 0.29) is 13.2 Å². The molecule has 0 bridgehead atoms. The van der Waals surface area contributed by atoms with Crippen molar-refractivity contribution in [3.63, 3.8) is 0 Å². The van der Waals surface area contributed by atoms with Gasteiger partial charge in [0.2, 0.25) is 0 Å². The van der Waals surface area contributed by atoms with Crippen molar-refractivity contribution < 1.29 is 10.2 Å². The minimum absolute atomic E-state index is 0.160. The van der Waals surface area contributed by atoms with Crippen molar-refractivity contribution in [2.24, 2.45) is 0 Å². The van der Waals surface area contributed by atoms with Gasteiger partial charge in [-0.2, -0.15) is 0 Å². The highest BCUT2D eigenvalue weighted by molar-refractivity contribution is 7.98. The molecule has 0 unspecified atom stereocenters. The monoisotopic (exact) mass is 255 g/mol. The summed E-state index contributed by atoms with van der Waals surface area (Å²) in [6.45, 7) is 2.67. The second kappa shape index (κ2) is 8.53. The van der Waals surface area contributed by atoms with Gasteiger partial charge < -0.3 is 10.2 Å². The van der Waals surface area contributed by atoms with Gasteiger partial charge in [0.25, 0.3) is 0 Å². The number of aliphatic hydroxyl groups is 2. The van der Waals surface area contributed by atoms with Crippen LogP contribution in [-0.4, -0.2) is 47.7 Å². The summed E-state index contributed by atoms with van der Waals surface area (Å²) in [5, 5.41) is 17.9. The van der Waals surface area contributed by atoms with E-state index in [1.54, 1.807) is 11.8 Å². The van der Waals surface area contributed by atoms with Gasteiger partial charge in [-0.3, -0.25) is 4.90 Å². The zero-order valence-corrected chi connectivity index (χ0v) is 11.1. The normalized spacial score (nSPS) is 11.1. The van der Waals surface area contributed by atoms with Gasteiger partial charge in [0, 0.05) is 31.1 Å². The number of aliphatic hydroxyl groups excluding tert-OH is 2. The Labute approximate surface area is 107 Å². The molecule has 17 heavy (non-hydrogen) atoms. The second-order valence-corrected chi connectivity index (χ2v) is 4.74. The first-order valence-corrected chi connectivity index (χ1v) is 7.10. The molecule has 1 aromatic rings. The summed E-state index contributed by atoms with van der Waals surface area (Å²) >= 11 is 1.74. The average Bonchev–Trinajstić information content (AvgIpc) is 2.37. The summed E-state index contributed by atoms with van der Waals surface area (Å²) in [7, 11) is 0. The van der Waals surface area contributed by atoms with Crippen LogP contribution in [-0.2, 0) is 6.54 Å². The van der Waals surface area contributed by atoms with E-state index in [0.29, 0.717) is 6.54 Å². The van der Waals surface area contributed by atoms with Crippen LogP contribution in [0.5, 0.6) is 0 Å². The van der Waals surface area contributed by atoms with Crippen molar-refractivity contribution in [1.29, 1.82) is 0 Å². The molecule has 0 aliphatic heterocycles. The number of hydrogen-bond acceptors (Lipinski definition) is 4. The van der Waals surface area contributed by atoms with Gasteiger partial charge in [-0.15, -0.1) is 11.8 Å². The van der Waals surface area contributed by atoms with Gasteiger partial charge in [-0.25, -0.2) is 0 Å². The van der Waals surface area contributed by atoms with Crippen LogP contribution in [0.4, 0.5) is 0 Å². The quantitative estimate of drug-likeness (QED) is 0.692. The third-order valence-corrected chi connectivity index (χ3v) is 3.47. The maximum atomic E-state index is 9.03. The second-order valence-electron chi connectivity index (χ2n) is 3.89. The Kier molecular flexibility index (Phi) is 7.28. The van der Waals surface area contributed by atoms with E-state index in [1.807, 2.05) is 12.1 Å². The van der Waals surface area contributed by atoms with Crippen LogP contribution in [0.25, 0.3) is 0 Å².